The van der Waals surface area contributed by atoms with E-state index in [1.807, 2.05) is 27.0 Å². The number of nitrogens with zero attached hydrogens (tertiary/aromatic N) is 4. The lowest BCUT2D eigenvalue weighted by atomic mass is 10.2. The second-order valence-corrected chi connectivity index (χ2v) is 4.46. The molecular formula is C13H18N6O. The van der Waals surface area contributed by atoms with Crippen LogP contribution >= 0.6 is 0 Å². The van der Waals surface area contributed by atoms with Crippen molar-refractivity contribution in [2.24, 2.45) is 7.05 Å². The van der Waals surface area contributed by atoms with Crippen LogP contribution in [0.4, 0.5) is 5.69 Å². The van der Waals surface area contributed by atoms with Crippen LogP contribution in [0.15, 0.2) is 24.7 Å². The fourth-order valence-corrected chi connectivity index (χ4v) is 1.86. The van der Waals surface area contributed by atoms with E-state index in [9.17, 15) is 4.79 Å². The Morgan fingerprint density at radius 2 is 2.25 bits per heavy atom. The highest BCUT2D eigenvalue weighted by molar-refractivity contribution is 5.92. The summed E-state index contributed by atoms with van der Waals surface area (Å²) in [5.74, 6) is 0.464. The summed E-state index contributed by atoms with van der Waals surface area (Å²) in [7, 11) is 1.83. The molecule has 0 saturated carbocycles. The van der Waals surface area contributed by atoms with Gasteiger partial charge in [0.15, 0.2) is 5.82 Å². The number of carbonyl (C=O) groups is 1. The normalized spacial score (nSPS) is 11.9. The van der Waals surface area contributed by atoms with Crippen molar-refractivity contribution in [2.75, 3.05) is 11.9 Å². The number of pyridine rings is 1. The Kier molecular flexibility index (Phi) is 4.29. The molecule has 2 aromatic rings. The minimum atomic E-state index is -0.233. The first kappa shape index (κ1) is 14.0. The number of amides is 1. The molecule has 0 aromatic carbocycles. The molecule has 0 aliphatic rings. The first-order chi connectivity index (χ1) is 9.61. The fraction of sp³-hybridized carbons (Fsp3) is 0.385. The highest BCUT2D eigenvalue weighted by Crippen LogP contribution is 2.10. The van der Waals surface area contributed by atoms with Gasteiger partial charge < -0.3 is 15.2 Å². The molecule has 0 radical (unpaired) electrons. The van der Waals surface area contributed by atoms with Crippen molar-refractivity contribution in [1.29, 1.82) is 0 Å². The highest BCUT2D eigenvalue weighted by atomic mass is 16.1. The summed E-state index contributed by atoms with van der Waals surface area (Å²) in [5, 5.41) is 13.7. The minimum Gasteiger partial charge on any atom is -0.384 e. The fourth-order valence-electron chi connectivity index (χ4n) is 1.86. The molecule has 1 amide bonds. The first-order valence-corrected chi connectivity index (χ1v) is 6.46. The van der Waals surface area contributed by atoms with Crippen LogP contribution in [0, 0.1) is 0 Å². The SMILES string of the molecule is CCNc1ccc(C(=O)NC(C)c2nncn2C)nc1. The van der Waals surface area contributed by atoms with Crippen molar-refractivity contribution in [3.63, 3.8) is 0 Å². The second-order valence-electron chi connectivity index (χ2n) is 4.46. The average molecular weight is 274 g/mol. The molecule has 106 valence electrons. The van der Waals surface area contributed by atoms with Gasteiger partial charge in [-0.05, 0) is 26.0 Å². The summed E-state index contributed by atoms with van der Waals surface area (Å²) in [6.45, 7) is 4.68. The summed E-state index contributed by atoms with van der Waals surface area (Å²) in [6.07, 6.45) is 3.24. The Morgan fingerprint density at radius 3 is 2.80 bits per heavy atom. The molecule has 0 spiro atoms. The summed E-state index contributed by atoms with van der Waals surface area (Å²) in [4.78, 5) is 16.2. The molecule has 1 unspecified atom stereocenters. The number of rotatable bonds is 5. The quantitative estimate of drug-likeness (QED) is 0.854. The zero-order valence-electron chi connectivity index (χ0n) is 11.8. The van der Waals surface area contributed by atoms with Crippen LogP contribution in [-0.4, -0.2) is 32.2 Å². The molecule has 2 N–H and O–H groups in total. The van der Waals surface area contributed by atoms with E-state index < -0.39 is 0 Å². The Labute approximate surface area is 117 Å². The van der Waals surface area contributed by atoms with Crippen LogP contribution in [0.25, 0.3) is 0 Å². The topological polar surface area (TPSA) is 84.7 Å². The van der Waals surface area contributed by atoms with Gasteiger partial charge in [0.1, 0.15) is 12.0 Å². The van der Waals surface area contributed by atoms with Crippen molar-refractivity contribution in [3.05, 3.63) is 36.2 Å². The summed E-state index contributed by atoms with van der Waals surface area (Å²) < 4.78 is 1.77. The molecule has 0 bridgehead atoms. The van der Waals surface area contributed by atoms with Crippen LogP contribution in [0.5, 0.6) is 0 Å². The Bertz CT molecular complexity index is 577. The Morgan fingerprint density at radius 1 is 1.45 bits per heavy atom. The molecular weight excluding hydrogens is 256 g/mol. The zero-order chi connectivity index (χ0) is 14.5. The van der Waals surface area contributed by atoms with E-state index in [0.717, 1.165) is 12.2 Å². The van der Waals surface area contributed by atoms with Gasteiger partial charge in [-0.2, -0.15) is 0 Å². The van der Waals surface area contributed by atoms with Gasteiger partial charge in [0, 0.05) is 13.6 Å². The molecule has 0 aliphatic heterocycles. The first-order valence-electron chi connectivity index (χ1n) is 6.46. The van der Waals surface area contributed by atoms with Crippen LogP contribution in [0.2, 0.25) is 0 Å². The van der Waals surface area contributed by atoms with Crippen molar-refractivity contribution in [2.45, 2.75) is 19.9 Å². The van der Waals surface area contributed by atoms with Crippen LogP contribution < -0.4 is 10.6 Å². The Balaban J connectivity index is 2.03. The summed E-state index contributed by atoms with van der Waals surface area (Å²) in [5.41, 5.74) is 1.27. The molecule has 20 heavy (non-hydrogen) atoms. The maximum Gasteiger partial charge on any atom is 0.270 e. The maximum absolute atomic E-state index is 12.1. The van der Waals surface area contributed by atoms with E-state index in [-0.39, 0.29) is 11.9 Å². The van der Waals surface area contributed by atoms with Crippen molar-refractivity contribution >= 4 is 11.6 Å². The van der Waals surface area contributed by atoms with Crippen molar-refractivity contribution in [1.82, 2.24) is 25.1 Å². The molecule has 2 heterocycles. The third-order valence-corrected chi connectivity index (χ3v) is 2.86. The van der Waals surface area contributed by atoms with Gasteiger partial charge in [-0.15, -0.1) is 10.2 Å². The van der Waals surface area contributed by atoms with E-state index in [1.165, 1.54) is 0 Å². The van der Waals surface area contributed by atoms with Crippen LogP contribution in [-0.2, 0) is 7.05 Å². The average Bonchev–Trinajstić information content (AvgIpc) is 2.86. The number of carbonyl (C=O) groups excluding carboxylic acids is 1. The van der Waals surface area contributed by atoms with Crippen LogP contribution in [0.3, 0.4) is 0 Å². The monoisotopic (exact) mass is 274 g/mol. The van der Waals surface area contributed by atoms with E-state index in [1.54, 1.807) is 23.2 Å². The zero-order valence-corrected chi connectivity index (χ0v) is 11.8. The molecule has 2 rings (SSSR count). The smallest absolute Gasteiger partial charge is 0.270 e. The maximum atomic E-state index is 12.1. The number of anilines is 1. The van der Waals surface area contributed by atoms with E-state index >= 15 is 0 Å². The lowest BCUT2D eigenvalue weighted by Gasteiger charge is -2.12. The lowest BCUT2D eigenvalue weighted by molar-refractivity contribution is 0.0933. The summed E-state index contributed by atoms with van der Waals surface area (Å²) >= 11 is 0. The molecule has 0 fully saturated rings. The number of aryl methyl sites for hydroxylation is 1. The van der Waals surface area contributed by atoms with Crippen LogP contribution in [0.1, 0.15) is 36.2 Å². The second kappa shape index (κ2) is 6.14. The predicted octanol–water partition coefficient (Wildman–Crippen LogP) is 1.13. The molecule has 0 saturated heterocycles. The molecule has 2 aromatic heterocycles. The minimum absolute atomic E-state index is 0.231. The lowest BCUT2D eigenvalue weighted by Crippen LogP contribution is -2.29. The molecule has 0 aliphatic carbocycles. The molecule has 7 heteroatoms. The van der Waals surface area contributed by atoms with Gasteiger partial charge in [0.25, 0.3) is 5.91 Å². The van der Waals surface area contributed by atoms with Gasteiger partial charge >= 0.3 is 0 Å². The predicted molar refractivity (Wildman–Crippen MR) is 75.3 cm³/mol. The third-order valence-electron chi connectivity index (χ3n) is 2.86. The van der Waals surface area contributed by atoms with Gasteiger partial charge in [-0.25, -0.2) is 4.98 Å². The number of hydrogen-bond acceptors (Lipinski definition) is 5. The van der Waals surface area contributed by atoms with E-state index in [2.05, 4.69) is 25.8 Å². The highest BCUT2D eigenvalue weighted by Gasteiger charge is 2.16. The van der Waals surface area contributed by atoms with Gasteiger partial charge in [-0.1, -0.05) is 0 Å². The molecule has 7 nitrogen and oxygen atoms in total. The van der Waals surface area contributed by atoms with Crippen molar-refractivity contribution in [3.8, 4) is 0 Å². The molecule has 1 atom stereocenters. The Hall–Kier alpha value is -2.44. The van der Waals surface area contributed by atoms with Crippen molar-refractivity contribution < 1.29 is 4.79 Å². The number of nitrogens with one attached hydrogen (secondary N) is 2. The van der Waals surface area contributed by atoms with Gasteiger partial charge in [-0.3, -0.25) is 4.79 Å². The van der Waals surface area contributed by atoms with E-state index in [0.29, 0.717) is 11.5 Å². The van der Waals surface area contributed by atoms with Gasteiger partial charge in [0.05, 0.1) is 17.9 Å². The number of aromatic nitrogens is 4. The summed E-state index contributed by atoms with van der Waals surface area (Å²) in [6, 6.07) is 3.29. The number of hydrogen-bond donors (Lipinski definition) is 2. The standard InChI is InChI=1S/C13H18N6O/c1-4-14-10-5-6-11(15-7-10)13(20)17-9(2)12-18-16-8-19(12)3/h5-9,14H,4H2,1-3H3,(H,17,20). The van der Waals surface area contributed by atoms with E-state index in [4.69, 9.17) is 0 Å². The third kappa shape index (κ3) is 3.11. The van der Waals surface area contributed by atoms with Gasteiger partial charge in [0.2, 0.25) is 0 Å². The largest absolute Gasteiger partial charge is 0.384 e.